The first-order chi connectivity index (χ1) is 17.5. The van der Waals surface area contributed by atoms with Crippen LogP contribution in [0.4, 0.5) is 4.79 Å². The van der Waals surface area contributed by atoms with Gasteiger partial charge < -0.3 is 14.5 Å². The lowest BCUT2D eigenvalue weighted by atomic mass is 10.1. The maximum atomic E-state index is 13.1. The van der Waals surface area contributed by atoms with E-state index in [1.54, 1.807) is 41.3 Å². The fourth-order valence-corrected chi connectivity index (χ4v) is 5.20. The number of nitrogens with one attached hydrogen (secondary N) is 1. The van der Waals surface area contributed by atoms with E-state index in [4.69, 9.17) is 44.6 Å². The first-order valence-electron chi connectivity index (χ1n) is 11.3. The maximum Gasteiger partial charge on any atom is 0.407 e. The molecule has 6 nitrogen and oxygen atoms in total. The maximum absolute atomic E-state index is 13.1. The van der Waals surface area contributed by atoms with Gasteiger partial charge in [-0.05, 0) is 62.2 Å². The second-order valence-corrected chi connectivity index (χ2v) is 11.8. The van der Waals surface area contributed by atoms with Gasteiger partial charge >= 0.3 is 6.09 Å². The molecule has 2 aromatic carbocycles. The Hall–Kier alpha value is -2.78. The molecule has 0 bridgehead atoms. The van der Waals surface area contributed by atoms with Gasteiger partial charge in [0.25, 0.3) is 5.91 Å². The van der Waals surface area contributed by atoms with Gasteiger partial charge in [-0.3, -0.25) is 9.69 Å². The first kappa shape index (κ1) is 27.3. The molecule has 0 spiro atoms. The number of rotatable bonds is 6. The molecule has 37 heavy (non-hydrogen) atoms. The predicted octanol–water partition coefficient (Wildman–Crippen LogP) is 7.68. The van der Waals surface area contributed by atoms with Crippen molar-refractivity contribution >= 4 is 69.6 Å². The summed E-state index contributed by atoms with van der Waals surface area (Å²) in [4.78, 5) is 26.9. The third kappa shape index (κ3) is 7.17. The van der Waals surface area contributed by atoms with E-state index in [0.717, 1.165) is 11.1 Å². The van der Waals surface area contributed by atoms with Gasteiger partial charge in [-0.25, -0.2) is 4.79 Å². The fraction of sp³-hybridized carbons (Fsp3) is 0.222. The van der Waals surface area contributed by atoms with Crippen LogP contribution in [0.3, 0.4) is 0 Å². The Balaban J connectivity index is 1.38. The van der Waals surface area contributed by atoms with Crippen molar-refractivity contribution in [1.29, 1.82) is 0 Å². The van der Waals surface area contributed by atoms with Gasteiger partial charge in [0.2, 0.25) is 0 Å². The summed E-state index contributed by atoms with van der Waals surface area (Å²) >= 11 is 19.0. The number of hydrogen-bond acceptors (Lipinski definition) is 6. The minimum absolute atomic E-state index is 0.187. The van der Waals surface area contributed by atoms with Crippen molar-refractivity contribution in [2.24, 2.45) is 0 Å². The largest absolute Gasteiger partial charge is 0.457 e. The average molecular weight is 576 g/mol. The Morgan fingerprint density at radius 2 is 1.81 bits per heavy atom. The Bertz CT molecular complexity index is 1380. The van der Waals surface area contributed by atoms with E-state index >= 15 is 0 Å². The van der Waals surface area contributed by atoms with Crippen molar-refractivity contribution in [3.05, 3.63) is 86.4 Å². The summed E-state index contributed by atoms with van der Waals surface area (Å²) in [5.74, 6) is 0.904. The Morgan fingerprint density at radius 1 is 1.11 bits per heavy atom. The number of alkyl carbamates (subject to hydrolysis) is 1. The number of amides is 2. The zero-order valence-electron chi connectivity index (χ0n) is 20.3. The SMILES string of the molecule is CC(C)(C)OC(=O)NCc1ccc(CN2C(=O)/C(=C/c3ccc(-c4ccc(Cl)cc4Cl)o3)SC2=S)cc1. The van der Waals surface area contributed by atoms with Crippen LogP contribution in [0.5, 0.6) is 0 Å². The van der Waals surface area contributed by atoms with E-state index in [1.807, 2.05) is 45.0 Å². The van der Waals surface area contributed by atoms with E-state index in [2.05, 4.69) is 5.32 Å². The highest BCUT2D eigenvalue weighted by Crippen LogP contribution is 2.36. The van der Waals surface area contributed by atoms with E-state index in [0.29, 0.717) is 49.4 Å². The third-order valence-corrected chi connectivity index (χ3v) is 7.10. The molecular weight excluding hydrogens is 551 g/mol. The Kier molecular flexibility index (Phi) is 8.33. The number of benzene rings is 2. The van der Waals surface area contributed by atoms with E-state index < -0.39 is 11.7 Å². The summed E-state index contributed by atoms with van der Waals surface area (Å²) in [6.45, 7) is 6.12. The summed E-state index contributed by atoms with van der Waals surface area (Å²) in [5.41, 5.74) is 1.98. The van der Waals surface area contributed by atoms with Crippen molar-refractivity contribution in [2.45, 2.75) is 39.5 Å². The topological polar surface area (TPSA) is 71.8 Å². The summed E-state index contributed by atoms with van der Waals surface area (Å²) < 4.78 is 11.6. The minimum atomic E-state index is -0.552. The minimum Gasteiger partial charge on any atom is -0.457 e. The number of thiocarbonyl (C=S) groups is 1. The zero-order valence-corrected chi connectivity index (χ0v) is 23.5. The van der Waals surface area contributed by atoms with Crippen LogP contribution in [0.25, 0.3) is 17.4 Å². The Morgan fingerprint density at radius 3 is 2.49 bits per heavy atom. The van der Waals surface area contributed by atoms with Crippen LogP contribution in [0.2, 0.25) is 10.0 Å². The second-order valence-electron chi connectivity index (χ2n) is 9.27. The standard InChI is InChI=1S/C27H24Cl2N2O4S2/c1-27(2,3)35-25(33)30-14-16-4-6-17(7-5-16)15-31-24(32)23(37-26(31)36)13-19-9-11-22(34-19)20-10-8-18(28)12-21(20)29/h4-13H,14-15H2,1-3H3,(H,30,33)/b23-13-. The van der Waals surface area contributed by atoms with Crippen LogP contribution in [0, 0.1) is 0 Å². The van der Waals surface area contributed by atoms with E-state index in [1.165, 1.54) is 11.8 Å². The molecule has 1 saturated heterocycles. The van der Waals surface area contributed by atoms with Crippen LogP contribution in [-0.2, 0) is 22.6 Å². The number of halogens is 2. The molecule has 4 rings (SSSR count). The first-order valence-corrected chi connectivity index (χ1v) is 13.3. The smallest absolute Gasteiger partial charge is 0.407 e. The zero-order chi connectivity index (χ0) is 26.7. The number of thioether (sulfide) groups is 1. The highest BCUT2D eigenvalue weighted by atomic mass is 35.5. The monoisotopic (exact) mass is 574 g/mol. The lowest BCUT2D eigenvalue weighted by Gasteiger charge is -2.19. The molecule has 192 valence electrons. The lowest BCUT2D eigenvalue weighted by Crippen LogP contribution is -2.32. The molecule has 1 aliphatic heterocycles. The van der Waals surface area contributed by atoms with Crippen LogP contribution >= 0.6 is 47.2 Å². The average Bonchev–Trinajstić information content (AvgIpc) is 3.37. The quantitative estimate of drug-likeness (QED) is 0.240. The van der Waals surface area contributed by atoms with Gasteiger partial charge in [0.15, 0.2) is 0 Å². The van der Waals surface area contributed by atoms with Crippen molar-refractivity contribution in [3.63, 3.8) is 0 Å². The van der Waals surface area contributed by atoms with Crippen LogP contribution < -0.4 is 5.32 Å². The van der Waals surface area contributed by atoms with Crippen molar-refractivity contribution in [3.8, 4) is 11.3 Å². The summed E-state index contributed by atoms with van der Waals surface area (Å²) in [7, 11) is 0. The molecule has 2 amide bonds. The van der Waals surface area contributed by atoms with Crippen LogP contribution in [-0.4, -0.2) is 26.8 Å². The van der Waals surface area contributed by atoms with Gasteiger partial charge in [0.05, 0.1) is 16.5 Å². The molecule has 0 saturated carbocycles. The number of carbonyl (C=O) groups is 2. The molecule has 0 unspecified atom stereocenters. The predicted molar refractivity (Wildman–Crippen MR) is 152 cm³/mol. The molecule has 0 radical (unpaired) electrons. The second kappa shape index (κ2) is 11.3. The van der Waals surface area contributed by atoms with Gasteiger partial charge in [-0.1, -0.05) is 71.4 Å². The van der Waals surface area contributed by atoms with Crippen molar-refractivity contribution in [2.75, 3.05) is 0 Å². The molecule has 2 heterocycles. The van der Waals surface area contributed by atoms with Crippen molar-refractivity contribution in [1.82, 2.24) is 10.2 Å². The van der Waals surface area contributed by atoms with Gasteiger partial charge in [-0.15, -0.1) is 0 Å². The molecule has 10 heteroatoms. The van der Waals surface area contributed by atoms with Crippen molar-refractivity contribution < 1.29 is 18.7 Å². The van der Waals surface area contributed by atoms with E-state index in [9.17, 15) is 9.59 Å². The number of carbonyl (C=O) groups excluding carboxylic acids is 2. The summed E-state index contributed by atoms with van der Waals surface area (Å²) in [6.07, 6.45) is 1.21. The fourth-order valence-electron chi connectivity index (χ4n) is 3.46. The van der Waals surface area contributed by atoms with Crippen LogP contribution in [0.1, 0.15) is 37.7 Å². The molecule has 0 atom stereocenters. The third-order valence-electron chi connectivity index (χ3n) is 5.17. The molecule has 1 N–H and O–H groups in total. The number of ether oxygens (including phenoxy) is 1. The highest BCUT2D eigenvalue weighted by Gasteiger charge is 2.32. The molecule has 1 aliphatic rings. The van der Waals surface area contributed by atoms with Crippen LogP contribution in [0.15, 0.2) is 63.9 Å². The Labute approximate surface area is 234 Å². The summed E-state index contributed by atoms with van der Waals surface area (Å²) in [6, 6.07) is 16.3. The van der Waals surface area contributed by atoms with Gasteiger partial charge in [-0.2, -0.15) is 0 Å². The normalized spacial score (nSPS) is 14.9. The number of hydrogen-bond donors (Lipinski definition) is 1. The molecule has 3 aromatic rings. The molecule has 1 fully saturated rings. The van der Waals surface area contributed by atoms with E-state index in [-0.39, 0.29) is 5.91 Å². The number of nitrogens with zero attached hydrogens (tertiary/aromatic N) is 1. The van der Waals surface area contributed by atoms with Gasteiger partial charge in [0.1, 0.15) is 21.4 Å². The molecular formula is C27H24Cl2N2O4S2. The van der Waals surface area contributed by atoms with Gasteiger partial charge in [0, 0.05) is 23.2 Å². The summed E-state index contributed by atoms with van der Waals surface area (Å²) in [5, 5.41) is 3.75. The lowest BCUT2D eigenvalue weighted by molar-refractivity contribution is -0.122. The highest BCUT2D eigenvalue weighted by molar-refractivity contribution is 8.26. The molecule has 0 aliphatic carbocycles. The number of furan rings is 1. The molecule has 1 aromatic heterocycles.